The van der Waals surface area contributed by atoms with Gasteiger partial charge in [-0.15, -0.1) is 0 Å². The van der Waals surface area contributed by atoms with Gasteiger partial charge in [0.25, 0.3) is 6.47 Å². The quantitative estimate of drug-likeness (QED) is 0.689. The molecule has 0 saturated heterocycles. The molecule has 1 aromatic carbocycles. The van der Waals surface area contributed by atoms with Crippen molar-refractivity contribution in [2.75, 3.05) is 0 Å². The summed E-state index contributed by atoms with van der Waals surface area (Å²) in [6.07, 6.45) is 3.02. The summed E-state index contributed by atoms with van der Waals surface area (Å²) in [7, 11) is 0. The summed E-state index contributed by atoms with van der Waals surface area (Å²) in [5.41, 5.74) is 5.16. The minimum atomic E-state index is 0.403. The molecule has 0 amide bonds. The number of ether oxygens (including phenoxy) is 1. The smallest absolute Gasteiger partial charge is 0.293 e. The first kappa shape index (κ1) is 12.8. The highest BCUT2D eigenvalue weighted by molar-refractivity contribution is 5.42. The maximum Gasteiger partial charge on any atom is 0.293 e. The van der Waals surface area contributed by atoms with Gasteiger partial charge in [-0.2, -0.15) is 0 Å². The van der Waals surface area contributed by atoms with Gasteiger partial charge in [-0.1, -0.05) is 32.9 Å². The van der Waals surface area contributed by atoms with E-state index >= 15 is 0 Å². The van der Waals surface area contributed by atoms with Crippen molar-refractivity contribution in [2.24, 2.45) is 0 Å². The average Bonchev–Trinajstić information content (AvgIpc) is 2.35. The van der Waals surface area contributed by atoms with Crippen LogP contribution in [-0.2, 0) is 35.4 Å². The highest BCUT2D eigenvalue weighted by Crippen LogP contribution is 2.20. The number of hydrogen-bond acceptors (Lipinski definition) is 2. The Morgan fingerprint density at radius 3 is 2.00 bits per heavy atom. The Labute approximate surface area is 97.6 Å². The van der Waals surface area contributed by atoms with E-state index in [9.17, 15) is 4.79 Å². The van der Waals surface area contributed by atoms with Gasteiger partial charge in [-0.25, -0.2) is 0 Å². The first-order chi connectivity index (χ1) is 7.76. The first-order valence-electron chi connectivity index (χ1n) is 5.95. The van der Waals surface area contributed by atoms with Crippen LogP contribution in [-0.4, -0.2) is 6.47 Å². The normalized spacial score (nSPS) is 10.2. The molecule has 0 heterocycles. The van der Waals surface area contributed by atoms with Crippen molar-refractivity contribution in [3.63, 3.8) is 0 Å². The largest absolute Gasteiger partial charge is 0.463 e. The van der Waals surface area contributed by atoms with Gasteiger partial charge >= 0.3 is 0 Å². The molecule has 16 heavy (non-hydrogen) atoms. The van der Waals surface area contributed by atoms with Crippen LogP contribution in [0.4, 0.5) is 0 Å². The summed E-state index contributed by atoms with van der Waals surface area (Å²) in [6.45, 7) is 7.36. The molecule has 0 saturated carbocycles. The molecule has 2 nitrogen and oxygen atoms in total. The van der Waals surface area contributed by atoms with Gasteiger partial charge in [0.15, 0.2) is 0 Å². The van der Waals surface area contributed by atoms with E-state index in [1.165, 1.54) is 22.3 Å². The molecule has 0 bridgehead atoms. The highest BCUT2D eigenvalue weighted by atomic mass is 16.5. The van der Waals surface area contributed by atoms with Crippen molar-refractivity contribution >= 4 is 6.47 Å². The van der Waals surface area contributed by atoms with Crippen molar-refractivity contribution < 1.29 is 9.53 Å². The summed E-state index contributed by atoms with van der Waals surface area (Å²) in [5.74, 6) is 0. The minimum absolute atomic E-state index is 0.403. The van der Waals surface area contributed by atoms with Gasteiger partial charge in [0.1, 0.15) is 6.61 Å². The Bertz CT molecular complexity index is 331. The van der Waals surface area contributed by atoms with Crippen LogP contribution in [0.5, 0.6) is 0 Å². The van der Waals surface area contributed by atoms with Crippen LogP contribution in [0.2, 0.25) is 0 Å². The number of carbonyl (C=O) groups is 1. The summed E-state index contributed by atoms with van der Waals surface area (Å²) in [4.78, 5) is 10.3. The van der Waals surface area contributed by atoms with Crippen LogP contribution in [0.1, 0.15) is 43.0 Å². The van der Waals surface area contributed by atoms with Crippen molar-refractivity contribution in [1.29, 1.82) is 0 Å². The molecule has 0 aromatic heterocycles. The molecule has 1 aromatic rings. The van der Waals surface area contributed by atoms with E-state index in [4.69, 9.17) is 4.74 Å². The maximum atomic E-state index is 10.3. The lowest BCUT2D eigenvalue weighted by Crippen LogP contribution is -2.03. The van der Waals surface area contributed by atoms with E-state index in [0.717, 1.165) is 19.3 Å². The average molecular weight is 220 g/mol. The third-order valence-corrected chi connectivity index (χ3v) is 2.96. The molecule has 1 rings (SSSR count). The Hall–Kier alpha value is -1.31. The van der Waals surface area contributed by atoms with Gasteiger partial charge < -0.3 is 4.74 Å². The third-order valence-electron chi connectivity index (χ3n) is 2.96. The van der Waals surface area contributed by atoms with Crippen LogP contribution in [0, 0.1) is 0 Å². The molecule has 0 spiro atoms. The molecular formula is C14H20O2. The third kappa shape index (κ3) is 2.84. The molecule has 0 aliphatic rings. The topological polar surface area (TPSA) is 26.3 Å². The van der Waals surface area contributed by atoms with Crippen LogP contribution in [0.15, 0.2) is 12.1 Å². The van der Waals surface area contributed by atoms with Crippen molar-refractivity contribution in [3.8, 4) is 0 Å². The number of rotatable bonds is 6. The van der Waals surface area contributed by atoms with Crippen LogP contribution >= 0.6 is 0 Å². The van der Waals surface area contributed by atoms with Crippen molar-refractivity contribution in [3.05, 3.63) is 34.4 Å². The highest BCUT2D eigenvalue weighted by Gasteiger charge is 2.08. The lowest BCUT2D eigenvalue weighted by molar-refractivity contribution is -0.129. The monoisotopic (exact) mass is 220 g/mol. The summed E-state index contributed by atoms with van der Waals surface area (Å²) >= 11 is 0. The lowest BCUT2D eigenvalue weighted by atomic mass is 9.94. The van der Waals surface area contributed by atoms with E-state index in [-0.39, 0.29) is 0 Å². The van der Waals surface area contributed by atoms with Crippen molar-refractivity contribution in [2.45, 2.75) is 46.6 Å². The Morgan fingerprint density at radius 1 is 1.06 bits per heavy atom. The van der Waals surface area contributed by atoms with Gasteiger partial charge in [0.05, 0.1) is 0 Å². The fourth-order valence-electron chi connectivity index (χ4n) is 2.01. The molecule has 0 unspecified atom stereocenters. The first-order valence-corrected chi connectivity index (χ1v) is 5.95. The zero-order chi connectivity index (χ0) is 12.0. The summed E-state index contributed by atoms with van der Waals surface area (Å²) in [6, 6.07) is 4.45. The van der Waals surface area contributed by atoms with Gasteiger partial charge in [0.2, 0.25) is 0 Å². The number of aryl methyl sites for hydroxylation is 3. The van der Waals surface area contributed by atoms with E-state index < -0.39 is 0 Å². The molecule has 0 N–H and O–H groups in total. The molecule has 2 heteroatoms. The second kappa shape index (κ2) is 6.31. The van der Waals surface area contributed by atoms with Crippen LogP contribution in [0.3, 0.4) is 0 Å². The molecule has 0 aliphatic carbocycles. The molecule has 0 radical (unpaired) electrons. The van der Waals surface area contributed by atoms with Gasteiger partial charge in [0, 0.05) is 0 Å². The zero-order valence-corrected chi connectivity index (χ0v) is 10.4. The predicted molar refractivity (Wildman–Crippen MR) is 65.4 cm³/mol. The SMILES string of the molecule is CCc1cc(CC)c(COC=O)c(CC)c1. The standard InChI is InChI=1S/C14H20O2/c1-4-11-7-12(5-2)14(9-16-10-15)13(6-3)8-11/h7-8,10H,4-6,9H2,1-3H3. The molecule has 0 fully saturated rings. The van der Waals surface area contributed by atoms with E-state index in [1.54, 1.807) is 0 Å². The second-order valence-electron chi connectivity index (χ2n) is 3.86. The minimum Gasteiger partial charge on any atom is -0.463 e. The Kier molecular flexibility index (Phi) is 5.03. The second-order valence-corrected chi connectivity index (χ2v) is 3.86. The summed E-state index contributed by atoms with van der Waals surface area (Å²) in [5, 5.41) is 0. The zero-order valence-electron chi connectivity index (χ0n) is 10.4. The Balaban J connectivity index is 3.14. The molecular weight excluding hydrogens is 200 g/mol. The van der Waals surface area contributed by atoms with Gasteiger partial charge in [-0.05, 0) is 41.5 Å². The number of benzene rings is 1. The maximum absolute atomic E-state index is 10.3. The van der Waals surface area contributed by atoms with Crippen LogP contribution < -0.4 is 0 Å². The Morgan fingerprint density at radius 2 is 1.62 bits per heavy atom. The fourth-order valence-corrected chi connectivity index (χ4v) is 2.01. The van der Waals surface area contributed by atoms with E-state index in [2.05, 4.69) is 32.9 Å². The number of hydrogen-bond donors (Lipinski definition) is 0. The van der Waals surface area contributed by atoms with E-state index in [1.807, 2.05) is 0 Å². The molecule has 0 aliphatic heterocycles. The lowest BCUT2D eigenvalue weighted by Gasteiger charge is -2.14. The van der Waals surface area contributed by atoms with Crippen molar-refractivity contribution in [1.82, 2.24) is 0 Å². The molecule has 0 atom stereocenters. The van der Waals surface area contributed by atoms with Crippen LogP contribution in [0.25, 0.3) is 0 Å². The predicted octanol–water partition coefficient (Wildman–Crippen LogP) is 3.05. The van der Waals surface area contributed by atoms with Gasteiger partial charge in [-0.3, -0.25) is 4.79 Å². The summed E-state index contributed by atoms with van der Waals surface area (Å²) < 4.78 is 4.90. The molecule has 88 valence electrons. The number of carbonyl (C=O) groups excluding carboxylic acids is 1. The van der Waals surface area contributed by atoms with E-state index in [0.29, 0.717) is 13.1 Å². The fraction of sp³-hybridized carbons (Fsp3) is 0.500.